The van der Waals surface area contributed by atoms with E-state index in [0.717, 1.165) is 42.7 Å². The fourth-order valence-corrected chi connectivity index (χ4v) is 6.57. The molecule has 3 fully saturated rings. The first-order valence-corrected chi connectivity index (χ1v) is 11.4. The number of hydrogen-bond donors (Lipinski definition) is 1. The van der Waals surface area contributed by atoms with E-state index in [1.807, 2.05) is 6.92 Å². The number of carbonyl (C=O) groups is 1. The van der Waals surface area contributed by atoms with Gasteiger partial charge in [0.2, 0.25) is 5.91 Å². The van der Waals surface area contributed by atoms with Gasteiger partial charge in [-0.15, -0.1) is 0 Å². The highest BCUT2D eigenvalue weighted by atomic mass is 16.2. The lowest BCUT2D eigenvalue weighted by Crippen LogP contribution is -2.60. The van der Waals surface area contributed by atoms with E-state index in [9.17, 15) is 4.79 Å². The largest absolute Gasteiger partial charge is 0.336 e. The minimum Gasteiger partial charge on any atom is -0.336 e. The number of carbonyl (C=O) groups excluding carboxylic acids is 1. The predicted octanol–water partition coefficient (Wildman–Crippen LogP) is 3.38. The van der Waals surface area contributed by atoms with Crippen molar-refractivity contribution < 1.29 is 4.79 Å². The Morgan fingerprint density at radius 1 is 1.25 bits per heavy atom. The molecule has 0 spiro atoms. The van der Waals surface area contributed by atoms with Gasteiger partial charge in [-0.2, -0.15) is 5.10 Å². The number of aromatic amines is 1. The van der Waals surface area contributed by atoms with Crippen LogP contribution in [0.2, 0.25) is 0 Å². The van der Waals surface area contributed by atoms with Crippen LogP contribution in [-0.2, 0) is 11.2 Å². The first kappa shape index (κ1) is 18.4. The molecule has 1 aromatic heterocycles. The normalized spacial score (nSPS) is 32.5. The summed E-state index contributed by atoms with van der Waals surface area (Å²) >= 11 is 0. The molecule has 1 N–H and O–H groups in total. The Labute approximate surface area is 168 Å². The fourth-order valence-electron chi connectivity index (χ4n) is 6.57. The summed E-state index contributed by atoms with van der Waals surface area (Å²) in [6.07, 6.45) is 11.8. The van der Waals surface area contributed by atoms with Crippen LogP contribution >= 0.6 is 0 Å². The number of nitrogens with one attached hydrogen (secondary N) is 1. The lowest BCUT2D eigenvalue weighted by atomic mass is 9.68. The van der Waals surface area contributed by atoms with E-state index in [0.29, 0.717) is 24.3 Å². The molecule has 3 aliphatic heterocycles. The van der Waals surface area contributed by atoms with Crippen LogP contribution in [0.3, 0.4) is 0 Å². The van der Waals surface area contributed by atoms with E-state index in [2.05, 4.69) is 33.0 Å². The number of likely N-dealkylation sites (tertiary alicyclic amines) is 1. The number of hydrogen-bond acceptors (Lipinski definition) is 3. The molecule has 5 rings (SSSR count). The minimum absolute atomic E-state index is 0.342. The molecule has 0 radical (unpaired) electrons. The van der Waals surface area contributed by atoms with Gasteiger partial charge in [0, 0.05) is 31.2 Å². The van der Waals surface area contributed by atoms with Crippen molar-refractivity contribution in [2.24, 2.45) is 11.8 Å². The molecule has 1 aliphatic carbocycles. The molecule has 4 aliphatic rings. The number of piperidine rings is 3. The number of H-pyrrole nitrogens is 1. The van der Waals surface area contributed by atoms with Gasteiger partial charge in [0.1, 0.15) is 0 Å². The van der Waals surface area contributed by atoms with Crippen molar-refractivity contribution >= 4 is 5.91 Å². The van der Waals surface area contributed by atoms with Gasteiger partial charge in [-0.05, 0) is 76.3 Å². The average molecular weight is 383 g/mol. The Balaban J connectivity index is 1.33. The van der Waals surface area contributed by atoms with Gasteiger partial charge in [-0.25, -0.2) is 0 Å². The predicted molar refractivity (Wildman–Crippen MR) is 110 cm³/mol. The summed E-state index contributed by atoms with van der Waals surface area (Å²) < 4.78 is 0. The highest BCUT2D eigenvalue weighted by Gasteiger charge is 2.46. The van der Waals surface area contributed by atoms with Crippen LogP contribution < -0.4 is 0 Å². The Kier molecular flexibility index (Phi) is 4.82. The smallest absolute Gasteiger partial charge is 0.223 e. The Hall–Kier alpha value is -1.62. The molecule has 152 valence electrons. The molecule has 4 atom stereocenters. The number of aromatic nitrogens is 2. The maximum absolute atomic E-state index is 13.3. The molecule has 5 nitrogen and oxygen atoms in total. The molecular weight excluding hydrogens is 348 g/mol. The molecule has 1 amide bonds. The first-order valence-electron chi connectivity index (χ1n) is 11.4. The van der Waals surface area contributed by atoms with Gasteiger partial charge in [0.05, 0.1) is 11.7 Å². The van der Waals surface area contributed by atoms with Crippen LogP contribution in [-0.4, -0.2) is 57.6 Å². The Morgan fingerprint density at radius 3 is 2.96 bits per heavy atom. The van der Waals surface area contributed by atoms with Gasteiger partial charge >= 0.3 is 0 Å². The number of nitrogens with zero attached hydrogens (tertiary/aromatic N) is 3. The van der Waals surface area contributed by atoms with Gasteiger partial charge in [0.15, 0.2) is 0 Å². The highest BCUT2D eigenvalue weighted by Crippen LogP contribution is 2.45. The summed E-state index contributed by atoms with van der Waals surface area (Å²) in [5.74, 6) is 1.72. The summed E-state index contributed by atoms with van der Waals surface area (Å²) in [7, 11) is 0. The van der Waals surface area contributed by atoms with Crippen LogP contribution in [0.5, 0.6) is 0 Å². The second kappa shape index (κ2) is 7.33. The summed E-state index contributed by atoms with van der Waals surface area (Å²) in [6.45, 7) is 7.49. The lowest BCUT2D eigenvalue weighted by molar-refractivity contribution is -0.136. The fraction of sp³-hybridized carbons (Fsp3) is 0.739. The van der Waals surface area contributed by atoms with Crippen molar-refractivity contribution in [1.29, 1.82) is 0 Å². The molecule has 0 saturated carbocycles. The number of amides is 1. The zero-order chi connectivity index (χ0) is 19.3. The van der Waals surface area contributed by atoms with Crippen LogP contribution in [0.15, 0.2) is 11.6 Å². The van der Waals surface area contributed by atoms with Gasteiger partial charge in [0.25, 0.3) is 0 Å². The zero-order valence-corrected chi connectivity index (χ0v) is 17.4. The van der Waals surface area contributed by atoms with Crippen molar-refractivity contribution in [3.05, 3.63) is 28.6 Å². The highest BCUT2D eigenvalue weighted by molar-refractivity contribution is 5.77. The third kappa shape index (κ3) is 3.12. The van der Waals surface area contributed by atoms with Crippen LogP contribution in [0.1, 0.15) is 61.9 Å². The van der Waals surface area contributed by atoms with Gasteiger partial charge < -0.3 is 4.90 Å². The van der Waals surface area contributed by atoms with Crippen molar-refractivity contribution in [2.45, 2.75) is 77.3 Å². The SMILES string of the molecule is Cc1n[nH]c(C)c1CCC(=O)N1CCCC2=C[C@H]3C[C@@H](CN4CCCC[C@H]34)[C@H]21. The number of fused-ring (bicyclic) bond motifs is 6. The number of rotatable bonds is 3. The minimum atomic E-state index is 0.342. The summed E-state index contributed by atoms with van der Waals surface area (Å²) in [5, 5.41) is 7.34. The Bertz CT molecular complexity index is 762. The van der Waals surface area contributed by atoms with E-state index in [-0.39, 0.29) is 0 Å². The number of aryl methyl sites for hydroxylation is 2. The first-order chi connectivity index (χ1) is 13.6. The molecule has 3 saturated heterocycles. The average Bonchev–Trinajstić information content (AvgIpc) is 3.03. The molecule has 2 bridgehead atoms. The van der Waals surface area contributed by atoms with Crippen molar-refractivity contribution in [3.8, 4) is 0 Å². The molecule has 1 aromatic rings. The second-order valence-electron chi connectivity index (χ2n) is 9.51. The van der Waals surface area contributed by atoms with Crippen LogP contribution in [0.4, 0.5) is 0 Å². The molecule has 0 aromatic carbocycles. The van der Waals surface area contributed by atoms with E-state index >= 15 is 0 Å². The lowest BCUT2D eigenvalue weighted by Gasteiger charge is -2.54. The third-order valence-electron chi connectivity index (χ3n) is 7.85. The van der Waals surface area contributed by atoms with Gasteiger partial charge in [-0.3, -0.25) is 14.8 Å². The van der Waals surface area contributed by atoms with E-state index < -0.39 is 0 Å². The maximum Gasteiger partial charge on any atom is 0.223 e. The van der Waals surface area contributed by atoms with E-state index in [1.165, 1.54) is 50.8 Å². The monoisotopic (exact) mass is 382 g/mol. The molecular formula is C23H34N4O. The van der Waals surface area contributed by atoms with Crippen LogP contribution in [0.25, 0.3) is 0 Å². The van der Waals surface area contributed by atoms with Crippen molar-refractivity contribution in [1.82, 2.24) is 20.0 Å². The molecule has 28 heavy (non-hydrogen) atoms. The summed E-state index contributed by atoms with van der Waals surface area (Å²) in [5.41, 5.74) is 4.95. The van der Waals surface area contributed by atoms with Crippen molar-refractivity contribution in [2.75, 3.05) is 19.6 Å². The van der Waals surface area contributed by atoms with Gasteiger partial charge in [-0.1, -0.05) is 18.1 Å². The standard InChI is InChI=1S/C23H34N4O/c1-15-20(16(2)25-24-15)8-9-22(28)27-11-5-6-17-12-18-13-19(23(17)27)14-26-10-4-3-7-21(18)26/h12,18-19,21,23H,3-11,13-14H2,1-2H3,(H,24,25)/t18-,19-,21+,23-/m0/s1. The maximum atomic E-state index is 13.3. The third-order valence-corrected chi connectivity index (χ3v) is 7.85. The molecule has 0 unspecified atom stereocenters. The van der Waals surface area contributed by atoms with E-state index in [1.54, 1.807) is 5.57 Å². The Morgan fingerprint density at radius 2 is 2.14 bits per heavy atom. The van der Waals surface area contributed by atoms with E-state index in [4.69, 9.17) is 0 Å². The molecule has 4 heterocycles. The quantitative estimate of drug-likeness (QED) is 0.816. The summed E-state index contributed by atoms with van der Waals surface area (Å²) in [4.78, 5) is 18.3. The van der Waals surface area contributed by atoms with Crippen molar-refractivity contribution in [3.63, 3.8) is 0 Å². The second-order valence-corrected chi connectivity index (χ2v) is 9.51. The van der Waals surface area contributed by atoms with Crippen LogP contribution in [0, 0.1) is 25.7 Å². The molecule has 5 heteroatoms. The summed E-state index contributed by atoms with van der Waals surface area (Å²) in [6, 6.07) is 1.14. The zero-order valence-electron chi connectivity index (χ0n) is 17.4. The topological polar surface area (TPSA) is 52.2 Å².